The second-order valence-electron chi connectivity index (χ2n) is 5.22. The summed E-state index contributed by atoms with van der Waals surface area (Å²) in [6, 6.07) is 0. The molecule has 1 saturated carbocycles. The van der Waals surface area contributed by atoms with E-state index in [0.29, 0.717) is 6.61 Å². The topological polar surface area (TPSA) is 61.8 Å². The molecule has 0 amide bonds. The van der Waals surface area contributed by atoms with Crippen molar-refractivity contribution in [1.29, 1.82) is 0 Å². The Labute approximate surface area is 109 Å². The molecule has 1 saturated heterocycles. The molecule has 1 heterocycles. The number of hydrogen-bond donors (Lipinski definition) is 0. The van der Waals surface area contributed by atoms with Crippen molar-refractivity contribution in [3.63, 3.8) is 0 Å². The number of rotatable bonds is 3. The third kappa shape index (κ3) is 4.19. The fraction of sp³-hybridized carbons (Fsp3) is 1.00. The monoisotopic (exact) mass is 278 g/mol. The van der Waals surface area contributed by atoms with Gasteiger partial charge >= 0.3 is 0 Å². The van der Waals surface area contributed by atoms with E-state index in [1.807, 2.05) is 0 Å². The molecular formula is C12H22O5S. The molecule has 2 rings (SSSR count). The molecule has 1 spiro atoms. The van der Waals surface area contributed by atoms with E-state index >= 15 is 0 Å². The van der Waals surface area contributed by atoms with Crippen molar-refractivity contribution in [2.45, 2.75) is 56.8 Å². The van der Waals surface area contributed by atoms with Gasteiger partial charge in [0.1, 0.15) is 6.10 Å². The smallest absolute Gasteiger partial charge is 0.264 e. The number of ether oxygens (including phenoxy) is 2. The molecule has 0 bridgehead atoms. The maximum atomic E-state index is 10.9. The van der Waals surface area contributed by atoms with Gasteiger partial charge in [0.25, 0.3) is 10.1 Å². The minimum atomic E-state index is -3.40. The summed E-state index contributed by atoms with van der Waals surface area (Å²) in [7, 11) is -3.40. The Morgan fingerprint density at radius 3 is 2.39 bits per heavy atom. The summed E-state index contributed by atoms with van der Waals surface area (Å²) in [6.07, 6.45) is 8.55. The molecular weight excluding hydrogens is 256 g/mol. The molecule has 18 heavy (non-hydrogen) atoms. The molecule has 6 heteroatoms. The van der Waals surface area contributed by atoms with Gasteiger partial charge in [-0.15, -0.1) is 0 Å². The maximum Gasteiger partial charge on any atom is 0.264 e. The van der Waals surface area contributed by atoms with E-state index in [0.717, 1.165) is 31.9 Å². The van der Waals surface area contributed by atoms with Crippen molar-refractivity contribution >= 4 is 10.1 Å². The van der Waals surface area contributed by atoms with Gasteiger partial charge in [0.2, 0.25) is 0 Å². The van der Waals surface area contributed by atoms with Crippen molar-refractivity contribution < 1.29 is 22.1 Å². The minimum absolute atomic E-state index is 0.0561. The summed E-state index contributed by atoms with van der Waals surface area (Å²) in [5, 5.41) is 0. The molecule has 0 aromatic carbocycles. The lowest BCUT2D eigenvalue weighted by atomic mass is 9.96. The first-order valence-corrected chi connectivity index (χ1v) is 8.47. The zero-order valence-electron chi connectivity index (χ0n) is 10.9. The minimum Gasteiger partial charge on any atom is -0.347 e. The average Bonchev–Trinajstić information content (AvgIpc) is 2.65. The Morgan fingerprint density at radius 1 is 1.17 bits per heavy atom. The first kappa shape index (κ1) is 14.2. The standard InChI is InChI=1S/C12H22O5S/c1-18(13,14)16-10-11-9-15-12(17-11)7-5-3-2-4-6-8-12/h11H,2-10H2,1H3. The van der Waals surface area contributed by atoms with Crippen molar-refractivity contribution in [3.8, 4) is 0 Å². The molecule has 2 fully saturated rings. The van der Waals surface area contributed by atoms with Crippen LogP contribution in [-0.4, -0.2) is 39.8 Å². The summed E-state index contributed by atoms with van der Waals surface area (Å²) < 4.78 is 38.4. The van der Waals surface area contributed by atoms with E-state index in [4.69, 9.17) is 13.7 Å². The van der Waals surface area contributed by atoms with Gasteiger partial charge in [-0.1, -0.05) is 19.3 Å². The molecule has 2 aliphatic rings. The summed E-state index contributed by atoms with van der Waals surface area (Å²) in [5.41, 5.74) is 0. The van der Waals surface area contributed by atoms with Crippen LogP contribution in [0, 0.1) is 0 Å². The van der Waals surface area contributed by atoms with Crippen LogP contribution in [0.2, 0.25) is 0 Å². The third-order valence-electron chi connectivity index (χ3n) is 3.50. The highest BCUT2D eigenvalue weighted by Gasteiger charge is 2.41. The molecule has 0 N–H and O–H groups in total. The molecule has 1 unspecified atom stereocenters. The van der Waals surface area contributed by atoms with Crippen LogP contribution >= 0.6 is 0 Å². The lowest BCUT2D eigenvalue weighted by molar-refractivity contribution is -0.183. The highest BCUT2D eigenvalue weighted by Crippen LogP contribution is 2.36. The van der Waals surface area contributed by atoms with Gasteiger partial charge in [-0.2, -0.15) is 8.42 Å². The lowest BCUT2D eigenvalue weighted by Gasteiger charge is -2.29. The first-order valence-electron chi connectivity index (χ1n) is 6.65. The van der Waals surface area contributed by atoms with Crippen LogP contribution in [0.1, 0.15) is 44.9 Å². The average molecular weight is 278 g/mol. The molecule has 1 atom stereocenters. The van der Waals surface area contributed by atoms with Crippen LogP contribution in [-0.2, 0) is 23.8 Å². The van der Waals surface area contributed by atoms with Crippen molar-refractivity contribution in [3.05, 3.63) is 0 Å². The lowest BCUT2D eigenvalue weighted by Crippen LogP contribution is -2.32. The second kappa shape index (κ2) is 5.86. The van der Waals surface area contributed by atoms with Crippen molar-refractivity contribution in [2.75, 3.05) is 19.5 Å². The first-order chi connectivity index (χ1) is 8.49. The largest absolute Gasteiger partial charge is 0.347 e. The summed E-state index contributed by atoms with van der Waals surface area (Å²) in [6.45, 7) is 0.482. The second-order valence-corrected chi connectivity index (χ2v) is 6.86. The van der Waals surface area contributed by atoms with Crippen LogP contribution in [0.15, 0.2) is 0 Å². The molecule has 0 radical (unpaired) electrons. The highest BCUT2D eigenvalue weighted by molar-refractivity contribution is 7.85. The van der Waals surface area contributed by atoms with Gasteiger partial charge in [0.15, 0.2) is 5.79 Å². The molecule has 0 aromatic heterocycles. The van der Waals surface area contributed by atoms with Crippen LogP contribution in [0.3, 0.4) is 0 Å². The van der Waals surface area contributed by atoms with E-state index in [1.165, 1.54) is 19.3 Å². The zero-order chi connectivity index (χ0) is 13.1. The Kier molecular flexibility index (Phi) is 4.64. The van der Waals surface area contributed by atoms with Crippen LogP contribution in [0.25, 0.3) is 0 Å². The fourth-order valence-electron chi connectivity index (χ4n) is 2.60. The van der Waals surface area contributed by atoms with E-state index < -0.39 is 15.9 Å². The Hall–Kier alpha value is -0.170. The SMILES string of the molecule is CS(=O)(=O)OCC1COC2(CCCCCCC2)O1. The quantitative estimate of drug-likeness (QED) is 0.737. The highest BCUT2D eigenvalue weighted by atomic mass is 32.2. The zero-order valence-corrected chi connectivity index (χ0v) is 11.7. The molecule has 1 aliphatic heterocycles. The van der Waals surface area contributed by atoms with E-state index in [9.17, 15) is 8.42 Å². The van der Waals surface area contributed by atoms with Gasteiger partial charge in [0.05, 0.1) is 19.5 Å². The summed E-state index contributed by atoms with van der Waals surface area (Å²) >= 11 is 0. The summed E-state index contributed by atoms with van der Waals surface area (Å²) in [4.78, 5) is 0. The normalized spacial score (nSPS) is 29.1. The van der Waals surface area contributed by atoms with Gasteiger partial charge in [-0.05, 0) is 12.8 Å². The molecule has 0 aromatic rings. The van der Waals surface area contributed by atoms with Gasteiger partial charge in [0, 0.05) is 12.8 Å². The van der Waals surface area contributed by atoms with Gasteiger partial charge in [-0.25, -0.2) is 0 Å². The van der Waals surface area contributed by atoms with Crippen molar-refractivity contribution in [1.82, 2.24) is 0 Å². The Balaban J connectivity index is 1.85. The van der Waals surface area contributed by atoms with Gasteiger partial charge < -0.3 is 9.47 Å². The fourth-order valence-corrected chi connectivity index (χ4v) is 3.00. The van der Waals surface area contributed by atoms with Crippen LogP contribution in [0.4, 0.5) is 0 Å². The number of hydrogen-bond acceptors (Lipinski definition) is 5. The predicted octanol–water partition coefficient (Wildman–Crippen LogP) is 1.82. The van der Waals surface area contributed by atoms with E-state index in [-0.39, 0.29) is 12.7 Å². The molecule has 5 nitrogen and oxygen atoms in total. The Bertz CT molecular complexity index is 357. The molecule has 106 valence electrons. The summed E-state index contributed by atoms with van der Waals surface area (Å²) in [5.74, 6) is -0.480. The Morgan fingerprint density at radius 2 is 1.78 bits per heavy atom. The van der Waals surface area contributed by atoms with E-state index in [2.05, 4.69) is 0 Å². The maximum absolute atomic E-state index is 10.9. The predicted molar refractivity (Wildman–Crippen MR) is 66.7 cm³/mol. The van der Waals surface area contributed by atoms with Crippen LogP contribution < -0.4 is 0 Å². The van der Waals surface area contributed by atoms with E-state index in [1.54, 1.807) is 0 Å². The van der Waals surface area contributed by atoms with Crippen LogP contribution in [0.5, 0.6) is 0 Å². The molecule has 1 aliphatic carbocycles. The third-order valence-corrected chi connectivity index (χ3v) is 4.06. The van der Waals surface area contributed by atoms with Gasteiger partial charge in [-0.3, -0.25) is 4.18 Å². The van der Waals surface area contributed by atoms with Crippen molar-refractivity contribution in [2.24, 2.45) is 0 Å².